The molecule has 6 heteroatoms. The molecule has 1 N–H and O–H groups in total. The fraction of sp³-hybridized carbons (Fsp3) is 0.294. The molecule has 120 valence electrons. The molecule has 6 nitrogen and oxygen atoms in total. The Balaban J connectivity index is 1.76. The highest BCUT2D eigenvalue weighted by atomic mass is 16.5. The molecule has 3 rings (SSSR count). The molecule has 3 aromatic rings. The number of aromatic nitrogens is 4. The molecule has 0 bridgehead atoms. The summed E-state index contributed by atoms with van der Waals surface area (Å²) in [5.74, 6) is 1.68. The Morgan fingerprint density at radius 2 is 1.96 bits per heavy atom. The van der Waals surface area contributed by atoms with E-state index < -0.39 is 0 Å². The van der Waals surface area contributed by atoms with Crippen LogP contribution in [0.4, 0.5) is 5.95 Å². The predicted molar refractivity (Wildman–Crippen MR) is 90.4 cm³/mol. The second kappa shape index (κ2) is 6.56. The maximum absolute atomic E-state index is 5.20. The van der Waals surface area contributed by atoms with Gasteiger partial charge in [0.15, 0.2) is 0 Å². The van der Waals surface area contributed by atoms with E-state index in [1.165, 1.54) is 0 Å². The molecule has 0 radical (unpaired) electrons. The van der Waals surface area contributed by atoms with Crippen LogP contribution in [-0.2, 0) is 20.1 Å². The van der Waals surface area contributed by atoms with Crippen LogP contribution in [-0.4, -0.2) is 26.2 Å². The first kappa shape index (κ1) is 15.1. The number of rotatable bonds is 6. The van der Waals surface area contributed by atoms with Gasteiger partial charge < -0.3 is 19.2 Å². The van der Waals surface area contributed by atoms with E-state index in [9.17, 15) is 0 Å². The summed E-state index contributed by atoms with van der Waals surface area (Å²) in [6, 6.07) is 7.97. The first-order chi connectivity index (χ1) is 11.2. The highest BCUT2D eigenvalue weighted by Gasteiger charge is 2.09. The highest BCUT2D eigenvalue weighted by molar-refractivity contribution is 5.62. The van der Waals surface area contributed by atoms with Gasteiger partial charge in [-0.05, 0) is 31.2 Å². The smallest absolute Gasteiger partial charge is 0.203 e. The number of imidazole rings is 2. The number of nitrogens with zero attached hydrogens (tertiary/aromatic N) is 4. The summed E-state index contributed by atoms with van der Waals surface area (Å²) in [6.45, 7) is 3.71. The predicted octanol–water partition coefficient (Wildman–Crippen LogP) is 2.92. The Labute approximate surface area is 135 Å². The van der Waals surface area contributed by atoms with Gasteiger partial charge in [0.05, 0.1) is 37.6 Å². The van der Waals surface area contributed by atoms with Crippen LogP contribution in [0.25, 0.3) is 11.3 Å². The molecule has 0 aliphatic carbocycles. The van der Waals surface area contributed by atoms with Crippen LogP contribution in [0, 0.1) is 0 Å². The number of anilines is 1. The van der Waals surface area contributed by atoms with Crippen molar-refractivity contribution in [3.05, 3.63) is 48.7 Å². The third-order valence-corrected chi connectivity index (χ3v) is 3.94. The van der Waals surface area contributed by atoms with Crippen molar-refractivity contribution in [1.29, 1.82) is 0 Å². The number of benzene rings is 1. The fourth-order valence-corrected chi connectivity index (χ4v) is 2.55. The summed E-state index contributed by atoms with van der Waals surface area (Å²) in [5, 5.41) is 3.37. The van der Waals surface area contributed by atoms with Gasteiger partial charge in [0.25, 0.3) is 0 Å². The average Bonchev–Trinajstić information content (AvgIpc) is 3.19. The maximum Gasteiger partial charge on any atom is 0.203 e. The average molecular weight is 311 g/mol. The van der Waals surface area contributed by atoms with Crippen molar-refractivity contribution in [2.75, 3.05) is 12.4 Å². The van der Waals surface area contributed by atoms with Crippen LogP contribution >= 0.6 is 0 Å². The fourth-order valence-electron chi connectivity index (χ4n) is 2.55. The third kappa shape index (κ3) is 3.06. The molecule has 0 saturated carbocycles. The van der Waals surface area contributed by atoms with Crippen molar-refractivity contribution in [3.63, 3.8) is 0 Å². The van der Waals surface area contributed by atoms with Crippen LogP contribution in [0.3, 0.4) is 0 Å². The number of aryl methyl sites for hydroxylation is 1. The zero-order valence-corrected chi connectivity index (χ0v) is 13.7. The topological polar surface area (TPSA) is 56.9 Å². The van der Waals surface area contributed by atoms with Crippen molar-refractivity contribution in [2.24, 2.45) is 7.05 Å². The van der Waals surface area contributed by atoms with E-state index in [2.05, 4.69) is 31.3 Å². The van der Waals surface area contributed by atoms with Crippen molar-refractivity contribution in [1.82, 2.24) is 19.1 Å². The summed E-state index contributed by atoms with van der Waals surface area (Å²) in [5.41, 5.74) is 3.30. The van der Waals surface area contributed by atoms with Gasteiger partial charge in [-0.3, -0.25) is 0 Å². The molecular weight excluding hydrogens is 290 g/mol. The lowest BCUT2D eigenvalue weighted by atomic mass is 10.1. The molecule has 0 aliphatic rings. The molecule has 0 unspecified atom stereocenters. The van der Waals surface area contributed by atoms with Gasteiger partial charge in [0.1, 0.15) is 5.75 Å². The van der Waals surface area contributed by atoms with Crippen LogP contribution in [0.2, 0.25) is 0 Å². The van der Waals surface area contributed by atoms with E-state index in [0.29, 0.717) is 6.54 Å². The molecule has 23 heavy (non-hydrogen) atoms. The molecule has 2 heterocycles. The molecule has 0 spiro atoms. The van der Waals surface area contributed by atoms with Gasteiger partial charge in [-0.2, -0.15) is 0 Å². The Hall–Kier alpha value is -2.76. The second-order valence-electron chi connectivity index (χ2n) is 5.28. The monoisotopic (exact) mass is 311 g/mol. The zero-order valence-electron chi connectivity index (χ0n) is 13.7. The van der Waals surface area contributed by atoms with Crippen molar-refractivity contribution in [3.8, 4) is 17.0 Å². The van der Waals surface area contributed by atoms with E-state index in [-0.39, 0.29) is 0 Å². The SMILES string of the molecule is CCn1cncc1CNc1ncc(-c2ccc(OC)cc2)n1C. The van der Waals surface area contributed by atoms with Gasteiger partial charge in [-0.15, -0.1) is 0 Å². The number of hydrogen-bond acceptors (Lipinski definition) is 4. The standard InChI is InChI=1S/C17H21N5O/c1-4-22-12-18-9-14(22)10-19-17-20-11-16(21(17)2)13-5-7-15(23-3)8-6-13/h5-9,11-12H,4,10H2,1-3H3,(H,19,20). The van der Waals surface area contributed by atoms with Crippen LogP contribution in [0.15, 0.2) is 43.0 Å². The molecule has 2 aromatic heterocycles. The minimum absolute atomic E-state index is 0.695. The Bertz CT molecular complexity index is 773. The summed E-state index contributed by atoms with van der Waals surface area (Å²) < 4.78 is 9.36. The van der Waals surface area contributed by atoms with Crippen LogP contribution in [0.1, 0.15) is 12.6 Å². The van der Waals surface area contributed by atoms with Gasteiger partial charge in [0.2, 0.25) is 5.95 Å². The summed E-state index contributed by atoms with van der Waals surface area (Å²) in [7, 11) is 3.67. The van der Waals surface area contributed by atoms with Gasteiger partial charge in [0, 0.05) is 25.4 Å². The first-order valence-electron chi connectivity index (χ1n) is 7.62. The number of nitrogens with one attached hydrogen (secondary N) is 1. The van der Waals surface area contributed by atoms with E-state index >= 15 is 0 Å². The lowest BCUT2D eigenvalue weighted by molar-refractivity contribution is 0.415. The molecule has 0 saturated heterocycles. The van der Waals surface area contributed by atoms with Crippen molar-refractivity contribution in [2.45, 2.75) is 20.0 Å². The third-order valence-electron chi connectivity index (χ3n) is 3.94. The quantitative estimate of drug-likeness (QED) is 0.760. The number of hydrogen-bond donors (Lipinski definition) is 1. The lowest BCUT2D eigenvalue weighted by Gasteiger charge is -2.10. The second-order valence-corrected chi connectivity index (χ2v) is 5.28. The molecule has 0 aliphatic heterocycles. The first-order valence-corrected chi connectivity index (χ1v) is 7.62. The number of methoxy groups -OCH3 is 1. The number of ether oxygens (including phenoxy) is 1. The Morgan fingerprint density at radius 1 is 1.17 bits per heavy atom. The summed E-state index contributed by atoms with van der Waals surface area (Å²) in [6.07, 6.45) is 5.60. The largest absolute Gasteiger partial charge is 0.497 e. The molecule has 0 atom stereocenters. The van der Waals surface area contributed by atoms with E-state index in [4.69, 9.17) is 4.74 Å². The summed E-state index contributed by atoms with van der Waals surface area (Å²) >= 11 is 0. The van der Waals surface area contributed by atoms with Crippen LogP contribution in [0.5, 0.6) is 5.75 Å². The maximum atomic E-state index is 5.20. The van der Waals surface area contributed by atoms with Gasteiger partial charge >= 0.3 is 0 Å². The Morgan fingerprint density at radius 3 is 2.65 bits per heavy atom. The zero-order chi connectivity index (χ0) is 16.2. The summed E-state index contributed by atoms with van der Waals surface area (Å²) in [4.78, 5) is 8.66. The van der Waals surface area contributed by atoms with E-state index in [1.807, 2.05) is 50.0 Å². The molecule has 1 aromatic carbocycles. The molecule has 0 amide bonds. The van der Waals surface area contributed by atoms with E-state index in [1.54, 1.807) is 7.11 Å². The minimum Gasteiger partial charge on any atom is -0.497 e. The van der Waals surface area contributed by atoms with Crippen LogP contribution < -0.4 is 10.1 Å². The Kier molecular flexibility index (Phi) is 4.32. The normalized spacial score (nSPS) is 10.7. The highest BCUT2D eigenvalue weighted by Crippen LogP contribution is 2.24. The van der Waals surface area contributed by atoms with Gasteiger partial charge in [-0.25, -0.2) is 9.97 Å². The van der Waals surface area contributed by atoms with Gasteiger partial charge in [-0.1, -0.05) is 0 Å². The molecular formula is C17H21N5O. The minimum atomic E-state index is 0.695. The van der Waals surface area contributed by atoms with Crippen molar-refractivity contribution < 1.29 is 4.74 Å². The molecule has 0 fully saturated rings. The van der Waals surface area contributed by atoms with Crippen molar-refractivity contribution >= 4 is 5.95 Å². The lowest BCUT2D eigenvalue weighted by Crippen LogP contribution is -2.09. The van der Waals surface area contributed by atoms with E-state index in [0.717, 1.165) is 35.2 Å².